The fourth-order valence-corrected chi connectivity index (χ4v) is 2.49. The van der Waals surface area contributed by atoms with E-state index in [2.05, 4.69) is 46.6 Å². The van der Waals surface area contributed by atoms with Gasteiger partial charge in [0.05, 0.1) is 0 Å². The lowest BCUT2D eigenvalue weighted by Crippen LogP contribution is -2.19. The summed E-state index contributed by atoms with van der Waals surface area (Å²) in [5.41, 5.74) is 4.38. The van der Waals surface area contributed by atoms with Crippen LogP contribution in [-0.2, 0) is 0 Å². The third kappa shape index (κ3) is 4.01. The van der Waals surface area contributed by atoms with Gasteiger partial charge in [-0.1, -0.05) is 70.8 Å². The minimum absolute atomic E-state index is 0.375. The Hall–Kier alpha value is -0.950. The van der Waals surface area contributed by atoms with Crippen LogP contribution in [-0.4, -0.2) is 4.86 Å². The molecule has 0 saturated heterocycles. The highest BCUT2D eigenvalue weighted by molar-refractivity contribution is 7.80. The lowest BCUT2D eigenvalue weighted by atomic mass is 9.83. The second kappa shape index (κ2) is 7.00. The zero-order valence-electron chi connectivity index (χ0n) is 12.6. The van der Waals surface area contributed by atoms with Crippen LogP contribution >= 0.6 is 12.2 Å². The maximum absolute atomic E-state index is 5.58. The Morgan fingerprint density at radius 3 is 2.26 bits per heavy atom. The summed E-state index contributed by atoms with van der Waals surface area (Å²) in [7, 11) is 0. The van der Waals surface area contributed by atoms with Crippen LogP contribution in [0.4, 0.5) is 0 Å². The first-order valence-electron chi connectivity index (χ1n) is 7.16. The van der Waals surface area contributed by atoms with Crippen molar-refractivity contribution in [1.82, 2.24) is 0 Å². The second-order valence-corrected chi connectivity index (χ2v) is 6.12. The summed E-state index contributed by atoms with van der Waals surface area (Å²) in [6.45, 7) is 19.0. The summed E-state index contributed by atoms with van der Waals surface area (Å²) in [5, 5.41) is 0. The molecule has 0 spiro atoms. The summed E-state index contributed by atoms with van der Waals surface area (Å²) in [6, 6.07) is 0. The molecular formula is C18H26S. The molecule has 1 heteroatoms. The molecule has 0 aromatic carbocycles. The van der Waals surface area contributed by atoms with Gasteiger partial charge in [-0.25, -0.2) is 0 Å². The average Bonchev–Trinajstić information content (AvgIpc) is 2.37. The SMILES string of the molecule is C=C(CC1=CCC1)C(=C)C(=C)C(=S)C(C)C(C)CC. The van der Waals surface area contributed by atoms with Gasteiger partial charge in [0, 0.05) is 4.86 Å². The fraction of sp³-hybridized carbons (Fsp3) is 0.500. The van der Waals surface area contributed by atoms with E-state index in [0.29, 0.717) is 11.8 Å². The Labute approximate surface area is 124 Å². The van der Waals surface area contributed by atoms with Gasteiger partial charge in [-0.2, -0.15) is 0 Å². The van der Waals surface area contributed by atoms with Gasteiger partial charge in [0.2, 0.25) is 0 Å². The summed E-state index contributed by atoms with van der Waals surface area (Å²) in [4.78, 5) is 0.947. The van der Waals surface area contributed by atoms with E-state index in [1.165, 1.54) is 18.4 Å². The molecular weight excluding hydrogens is 248 g/mol. The normalized spacial score (nSPS) is 16.9. The highest BCUT2D eigenvalue weighted by Crippen LogP contribution is 2.31. The van der Waals surface area contributed by atoms with Crippen molar-refractivity contribution >= 4 is 17.1 Å². The Morgan fingerprint density at radius 1 is 1.26 bits per heavy atom. The van der Waals surface area contributed by atoms with Crippen molar-refractivity contribution in [1.29, 1.82) is 0 Å². The summed E-state index contributed by atoms with van der Waals surface area (Å²) in [5.74, 6) is 0.958. The lowest BCUT2D eigenvalue weighted by molar-refractivity contribution is 0.473. The quantitative estimate of drug-likeness (QED) is 0.233. The summed E-state index contributed by atoms with van der Waals surface area (Å²) < 4.78 is 0. The smallest absolute Gasteiger partial charge is 0.0255 e. The molecule has 104 valence electrons. The maximum atomic E-state index is 5.58. The van der Waals surface area contributed by atoms with E-state index in [1.54, 1.807) is 0 Å². The van der Waals surface area contributed by atoms with E-state index < -0.39 is 0 Å². The molecule has 0 amide bonds. The van der Waals surface area contributed by atoms with Gasteiger partial charge in [0.15, 0.2) is 0 Å². The first kappa shape index (κ1) is 16.1. The molecule has 0 saturated carbocycles. The number of thiocarbonyl (C=S) groups is 1. The molecule has 1 rings (SSSR count). The highest BCUT2D eigenvalue weighted by atomic mass is 32.1. The van der Waals surface area contributed by atoms with Crippen LogP contribution in [0.5, 0.6) is 0 Å². The van der Waals surface area contributed by atoms with E-state index in [9.17, 15) is 0 Å². The van der Waals surface area contributed by atoms with Gasteiger partial charge in [-0.05, 0) is 47.8 Å². The zero-order chi connectivity index (χ0) is 14.6. The molecule has 1 aliphatic carbocycles. The number of rotatable bonds is 8. The Kier molecular flexibility index (Phi) is 5.93. The van der Waals surface area contributed by atoms with Gasteiger partial charge < -0.3 is 0 Å². The minimum atomic E-state index is 0.375. The number of hydrogen-bond acceptors (Lipinski definition) is 1. The third-order valence-electron chi connectivity index (χ3n) is 4.34. The highest BCUT2D eigenvalue weighted by Gasteiger charge is 2.20. The first-order valence-corrected chi connectivity index (χ1v) is 7.57. The van der Waals surface area contributed by atoms with E-state index >= 15 is 0 Å². The van der Waals surface area contributed by atoms with Crippen LogP contribution in [0, 0.1) is 11.8 Å². The van der Waals surface area contributed by atoms with Crippen molar-refractivity contribution in [3.8, 4) is 0 Å². The van der Waals surface area contributed by atoms with Gasteiger partial charge >= 0.3 is 0 Å². The van der Waals surface area contributed by atoms with Crippen LogP contribution in [0.1, 0.15) is 46.5 Å². The molecule has 1 aliphatic rings. The molecule has 0 nitrogen and oxygen atoms in total. The van der Waals surface area contributed by atoms with Crippen molar-refractivity contribution in [3.63, 3.8) is 0 Å². The molecule has 19 heavy (non-hydrogen) atoms. The predicted octanol–water partition coefficient (Wildman–Crippen LogP) is 5.82. The average molecular weight is 274 g/mol. The topological polar surface area (TPSA) is 0 Å². The first-order chi connectivity index (χ1) is 8.88. The van der Waals surface area contributed by atoms with Gasteiger partial charge in [0.25, 0.3) is 0 Å². The summed E-state index contributed by atoms with van der Waals surface area (Å²) in [6.07, 6.45) is 6.75. The summed E-state index contributed by atoms with van der Waals surface area (Å²) >= 11 is 5.58. The standard InChI is InChI=1S/C18H26S/c1-7-12(2)15(5)18(19)16(6)14(4)13(3)11-17-9-8-10-17/h9,12,15H,3-4,6-8,10-11H2,1-2,5H3. The van der Waals surface area contributed by atoms with E-state index in [0.717, 1.165) is 34.4 Å². The Morgan fingerprint density at radius 2 is 1.84 bits per heavy atom. The van der Waals surface area contributed by atoms with Crippen molar-refractivity contribution in [3.05, 3.63) is 48.1 Å². The molecule has 0 aliphatic heterocycles. The van der Waals surface area contributed by atoms with E-state index in [1.807, 2.05) is 0 Å². The molecule has 0 bridgehead atoms. The molecule has 2 atom stereocenters. The third-order valence-corrected chi connectivity index (χ3v) is 4.96. The van der Waals surface area contributed by atoms with Crippen molar-refractivity contribution in [2.45, 2.75) is 46.5 Å². The minimum Gasteiger partial charge on any atom is -0.0949 e. The lowest BCUT2D eigenvalue weighted by Gasteiger charge is -2.23. The van der Waals surface area contributed by atoms with E-state index in [4.69, 9.17) is 12.2 Å². The van der Waals surface area contributed by atoms with E-state index in [-0.39, 0.29) is 0 Å². The molecule has 0 aromatic rings. The number of hydrogen-bond donors (Lipinski definition) is 0. The molecule has 2 unspecified atom stereocenters. The van der Waals surface area contributed by atoms with Crippen LogP contribution in [0.3, 0.4) is 0 Å². The van der Waals surface area contributed by atoms with Gasteiger partial charge in [-0.15, -0.1) is 0 Å². The van der Waals surface area contributed by atoms with Crippen molar-refractivity contribution in [2.75, 3.05) is 0 Å². The van der Waals surface area contributed by atoms with Crippen LogP contribution in [0.2, 0.25) is 0 Å². The van der Waals surface area contributed by atoms with Crippen molar-refractivity contribution < 1.29 is 0 Å². The zero-order valence-corrected chi connectivity index (χ0v) is 13.4. The monoisotopic (exact) mass is 274 g/mol. The molecule has 0 heterocycles. The predicted molar refractivity (Wildman–Crippen MR) is 90.6 cm³/mol. The molecule has 0 aromatic heterocycles. The number of allylic oxidation sites excluding steroid dienone is 5. The van der Waals surface area contributed by atoms with Crippen LogP contribution < -0.4 is 0 Å². The second-order valence-electron chi connectivity index (χ2n) is 5.68. The Bertz CT molecular complexity index is 437. The molecule has 0 fully saturated rings. The van der Waals surface area contributed by atoms with Crippen LogP contribution in [0.25, 0.3) is 0 Å². The van der Waals surface area contributed by atoms with Gasteiger partial charge in [-0.3, -0.25) is 0 Å². The van der Waals surface area contributed by atoms with Crippen molar-refractivity contribution in [2.24, 2.45) is 11.8 Å². The largest absolute Gasteiger partial charge is 0.0949 e. The van der Waals surface area contributed by atoms with Gasteiger partial charge in [0.1, 0.15) is 0 Å². The van der Waals surface area contributed by atoms with Crippen LogP contribution in [0.15, 0.2) is 48.1 Å². The fourth-order valence-electron chi connectivity index (χ4n) is 2.14. The Balaban J connectivity index is 2.62. The molecule has 0 N–H and O–H groups in total. The maximum Gasteiger partial charge on any atom is 0.0255 e. The molecule has 0 radical (unpaired) electrons.